The number of nitrogens with one attached hydrogen (secondary N) is 1. The minimum absolute atomic E-state index is 0.0641. The van der Waals surface area contributed by atoms with Crippen molar-refractivity contribution in [2.24, 2.45) is 0 Å². The lowest BCUT2D eigenvalue weighted by Gasteiger charge is -2.15. The fraction of sp³-hybridized carbons (Fsp3) is 0.348. The summed E-state index contributed by atoms with van der Waals surface area (Å²) in [6.45, 7) is 2.37. The number of amides is 1. The van der Waals surface area contributed by atoms with Gasteiger partial charge in [-0.3, -0.25) is 24.5 Å². The van der Waals surface area contributed by atoms with Crippen LogP contribution >= 0.6 is 0 Å². The van der Waals surface area contributed by atoms with Crippen LogP contribution < -0.4 is 19.5 Å². The quantitative estimate of drug-likeness (QED) is 0.252. The number of nitrogens with zero attached hydrogens (tertiary/aromatic N) is 1. The molecule has 1 atom stereocenters. The van der Waals surface area contributed by atoms with E-state index >= 15 is 0 Å². The number of anilines is 1. The van der Waals surface area contributed by atoms with Crippen LogP contribution in [0.15, 0.2) is 36.4 Å². The minimum atomic E-state index is -1.20. The highest BCUT2D eigenvalue weighted by atomic mass is 16.6. The van der Waals surface area contributed by atoms with Crippen LogP contribution in [0.1, 0.15) is 36.5 Å². The van der Waals surface area contributed by atoms with E-state index in [9.17, 15) is 24.5 Å². The fourth-order valence-corrected chi connectivity index (χ4v) is 3.15. The zero-order valence-corrected chi connectivity index (χ0v) is 18.7. The maximum atomic E-state index is 12.5. The number of methoxy groups -OCH3 is 1. The molecule has 2 aromatic rings. The average Bonchev–Trinajstić information content (AvgIpc) is 3.07. The Hall–Kier alpha value is -4.15. The third-order valence-electron chi connectivity index (χ3n) is 4.95. The molecule has 1 amide bonds. The second-order valence-electron chi connectivity index (χ2n) is 7.40. The first kappa shape index (κ1) is 24.5. The molecular formula is C23H24N2O9. The topological polar surface area (TPSA) is 143 Å². The van der Waals surface area contributed by atoms with Crippen LogP contribution in [0.25, 0.3) is 0 Å². The summed E-state index contributed by atoms with van der Waals surface area (Å²) in [6.07, 6.45) is -0.815. The molecule has 0 saturated carbocycles. The van der Waals surface area contributed by atoms with E-state index in [1.165, 1.54) is 26.2 Å². The Bertz CT molecular complexity index is 1100. The number of rotatable bonds is 9. The van der Waals surface area contributed by atoms with Crippen molar-refractivity contribution >= 4 is 29.0 Å². The van der Waals surface area contributed by atoms with Crippen LogP contribution in [0.3, 0.4) is 0 Å². The summed E-state index contributed by atoms with van der Waals surface area (Å²) in [4.78, 5) is 47.4. The molecular weight excluding hydrogens is 448 g/mol. The molecule has 0 saturated heterocycles. The molecule has 0 fully saturated rings. The number of hydrogen-bond acceptors (Lipinski definition) is 9. The van der Waals surface area contributed by atoms with Gasteiger partial charge in [-0.25, -0.2) is 0 Å². The molecule has 1 heterocycles. The Morgan fingerprint density at radius 3 is 2.53 bits per heavy atom. The Morgan fingerprint density at radius 2 is 1.82 bits per heavy atom. The molecule has 34 heavy (non-hydrogen) atoms. The van der Waals surface area contributed by atoms with Gasteiger partial charge in [0, 0.05) is 30.5 Å². The third-order valence-corrected chi connectivity index (χ3v) is 4.95. The largest absolute Gasteiger partial charge is 0.495 e. The first-order valence-electron chi connectivity index (χ1n) is 10.5. The number of Topliss-reactive ketones (excluding diaryl/α,β-unsaturated/α-hetero) is 1. The van der Waals surface area contributed by atoms with Crippen LogP contribution in [-0.2, 0) is 14.3 Å². The van der Waals surface area contributed by atoms with Gasteiger partial charge in [0.05, 0.1) is 37.4 Å². The number of carbonyl (C=O) groups is 3. The van der Waals surface area contributed by atoms with E-state index in [2.05, 4.69) is 5.32 Å². The summed E-state index contributed by atoms with van der Waals surface area (Å²) >= 11 is 0. The molecule has 0 unspecified atom stereocenters. The monoisotopic (exact) mass is 472 g/mol. The van der Waals surface area contributed by atoms with Crippen molar-refractivity contribution in [1.82, 2.24) is 0 Å². The van der Waals surface area contributed by atoms with E-state index in [0.717, 1.165) is 12.5 Å². The molecule has 0 bridgehead atoms. The molecule has 11 nitrogen and oxygen atoms in total. The van der Waals surface area contributed by atoms with Gasteiger partial charge in [0.15, 0.2) is 23.4 Å². The molecule has 0 aromatic heterocycles. The van der Waals surface area contributed by atoms with Crippen LogP contribution in [0.5, 0.6) is 17.2 Å². The molecule has 0 aliphatic carbocycles. The van der Waals surface area contributed by atoms with Crippen molar-refractivity contribution in [2.75, 3.05) is 25.6 Å². The summed E-state index contributed by atoms with van der Waals surface area (Å²) in [6, 6.07) is 8.55. The fourth-order valence-electron chi connectivity index (χ4n) is 3.15. The molecule has 1 aliphatic heterocycles. The van der Waals surface area contributed by atoms with Crippen LogP contribution in [0, 0.1) is 10.1 Å². The second-order valence-corrected chi connectivity index (χ2v) is 7.40. The Kier molecular flexibility index (Phi) is 8.01. The number of carbonyl (C=O) groups excluding carboxylic acids is 3. The maximum Gasteiger partial charge on any atom is 0.307 e. The lowest BCUT2D eigenvalue weighted by atomic mass is 10.1. The number of non-ortho nitro benzene ring substituents is 1. The van der Waals surface area contributed by atoms with Crippen molar-refractivity contribution in [1.29, 1.82) is 0 Å². The van der Waals surface area contributed by atoms with Crippen LogP contribution in [-0.4, -0.2) is 49.0 Å². The highest BCUT2D eigenvalue weighted by molar-refractivity contribution is 5.99. The van der Waals surface area contributed by atoms with Crippen LogP contribution in [0.4, 0.5) is 11.4 Å². The van der Waals surface area contributed by atoms with Crippen molar-refractivity contribution in [2.45, 2.75) is 32.3 Å². The van der Waals surface area contributed by atoms with E-state index in [1.54, 1.807) is 18.2 Å². The standard InChI is InChI=1S/C23H24N2O9/c1-14(23(28)24-17-13-16(25(29)30)5-8-19(17)31-2)34-22(27)9-6-18(26)15-4-7-20-21(12-15)33-11-3-10-32-20/h4-5,7-8,12-14H,3,6,9-11H2,1-2H3,(H,24,28)/t14-/m0/s1. The number of nitro benzene ring substituents is 1. The molecule has 0 spiro atoms. The van der Waals surface area contributed by atoms with Crippen molar-refractivity contribution < 1.29 is 38.3 Å². The van der Waals surface area contributed by atoms with E-state index < -0.39 is 22.9 Å². The maximum absolute atomic E-state index is 12.5. The summed E-state index contributed by atoms with van der Waals surface area (Å²) in [5.74, 6) is -0.483. The van der Waals surface area contributed by atoms with E-state index in [-0.39, 0.29) is 35.7 Å². The molecule has 1 N–H and O–H groups in total. The molecule has 1 aliphatic rings. The summed E-state index contributed by atoms with van der Waals surface area (Å²) in [5.41, 5.74) is 0.198. The average molecular weight is 472 g/mol. The first-order chi connectivity index (χ1) is 16.3. The van der Waals surface area contributed by atoms with E-state index in [0.29, 0.717) is 30.3 Å². The molecule has 2 aromatic carbocycles. The predicted molar refractivity (Wildman–Crippen MR) is 119 cm³/mol. The van der Waals surface area contributed by atoms with Crippen molar-refractivity contribution in [3.05, 3.63) is 52.1 Å². The second kappa shape index (κ2) is 11.1. The van der Waals surface area contributed by atoms with Gasteiger partial charge in [-0.15, -0.1) is 0 Å². The Labute approximate surface area is 195 Å². The molecule has 3 rings (SSSR count). The summed E-state index contributed by atoms with van der Waals surface area (Å²) in [5, 5.41) is 13.4. The summed E-state index contributed by atoms with van der Waals surface area (Å²) in [7, 11) is 1.35. The zero-order valence-electron chi connectivity index (χ0n) is 18.7. The van der Waals surface area contributed by atoms with Gasteiger partial charge < -0.3 is 24.3 Å². The van der Waals surface area contributed by atoms with Gasteiger partial charge >= 0.3 is 5.97 Å². The van der Waals surface area contributed by atoms with E-state index in [1.807, 2.05) is 0 Å². The lowest BCUT2D eigenvalue weighted by molar-refractivity contribution is -0.384. The number of ketones is 1. The number of fused-ring (bicyclic) bond motifs is 1. The number of benzene rings is 2. The molecule has 11 heteroatoms. The van der Waals surface area contributed by atoms with Gasteiger partial charge in [-0.1, -0.05) is 0 Å². The van der Waals surface area contributed by atoms with Gasteiger partial charge in [-0.05, 0) is 31.2 Å². The number of esters is 1. The lowest BCUT2D eigenvalue weighted by Crippen LogP contribution is -2.30. The Morgan fingerprint density at radius 1 is 1.09 bits per heavy atom. The third kappa shape index (κ3) is 6.21. The highest BCUT2D eigenvalue weighted by Crippen LogP contribution is 2.31. The summed E-state index contributed by atoms with van der Waals surface area (Å²) < 4.78 is 21.3. The SMILES string of the molecule is COc1ccc([N+](=O)[O-])cc1NC(=O)[C@H](C)OC(=O)CCC(=O)c1ccc2c(c1)OCCCO2. The van der Waals surface area contributed by atoms with Gasteiger partial charge in [0.25, 0.3) is 11.6 Å². The number of hydrogen-bond donors (Lipinski definition) is 1. The number of ether oxygens (including phenoxy) is 4. The number of nitro groups is 1. The van der Waals surface area contributed by atoms with Gasteiger partial charge in [-0.2, -0.15) is 0 Å². The van der Waals surface area contributed by atoms with Crippen LogP contribution in [0.2, 0.25) is 0 Å². The normalized spacial score (nSPS) is 13.2. The predicted octanol–water partition coefficient (Wildman–Crippen LogP) is 3.30. The Balaban J connectivity index is 1.53. The van der Waals surface area contributed by atoms with Crippen molar-refractivity contribution in [3.8, 4) is 17.2 Å². The van der Waals surface area contributed by atoms with E-state index in [4.69, 9.17) is 18.9 Å². The van der Waals surface area contributed by atoms with Gasteiger partial charge in [0.2, 0.25) is 0 Å². The molecule has 0 radical (unpaired) electrons. The smallest absolute Gasteiger partial charge is 0.307 e. The first-order valence-corrected chi connectivity index (χ1v) is 10.5. The van der Waals surface area contributed by atoms with Gasteiger partial charge in [0.1, 0.15) is 5.75 Å². The zero-order chi connectivity index (χ0) is 24.7. The molecule has 180 valence electrons. The highest BCUT2D eigenvalue weighted by Gasteiger charge is 2.22. The minimum Gasteiger partial charge on any atom is -0.495 e. The van der Waals surface area contributed by atoms with Crippen molar-refractivity contribution in [3.63, 3.8) is 0 Å².